The van der Waals surface area contributed by atoms with Crippen LogP contribution in [0.5, 0.6) is 0 Å². The number of carboxylic acid groups (broad SMARTS) is 1. The maximum Gasteiger partial charge on any atom is 0.331 e. The molecule has 2 heterocycles. The first kappa shape index (κ1) is 12.3. The third-order valence-electron chi connectivity index (χ3n) is 2.42. The van der Waals surface area contributed by atoms with E-state index in [1.165, 1.54) is 17.5 Å². The highest BCUT2D eigenvalue weighted by Gasteiger charge is 2.24. The van der Waals surface area contributed by atoms with Gasteiger partial charge in [0.15, 0.2) is 6.04 Å². The van der Waals surface area contributed by atoms with Gasteiger partial charge in [-0.1, -0.05) is 6.07 Å². The van der Waals surface area contributed by atoms with Crippen LogP contribution in [0.25, 0.3) is 0 Å². The number of hydrogen-bond acceptors (Lipinski definition) is 4. The van der Waals surface area contributed by atoms with Crippen molar-refractivity contribution in [2.24, 2.45) is 0 Å². The zero-order chi connectivity index (χ0) is 13.1. The lowest BCUT2D eigenvalue weighted by atomic mass is 10.2. The number of aromatic amines is 1. The topological polar surface area (TPSA) is 95.1 Å². The molecule has 2 aromatic heterocycles. The van der Waals surface area contributed by atoms with E-state index in [2.05, 4.69) is 15.5 Å². The van der Waals surface area contributed by atoms with Crippen LogP contribution in [0, 0.1) is 6.92 Å². The third-order valence-corrected chi connectivity index (χ3v) is 3.36. The van der Waals surface area contributed by atoms with E-state index in [1.54, 1.807) is 24.4 Å². The summed E-state index contributed by atoms with van der Waals surface area (Å²) in [6, 6.07) is 2.38. The number of nitrogens with one attached hydrogen (secondary N) is 2. The van der Waals surface area contributed by atoms with Crippen LogP contribution < -0.4 is 5.32 Å². The van der Waals surface area contributed by atoms with E-state index in [1.807, 2.05) is 0 Å². The van der Waals surface area contributed by atoms with Gasteiger partial charge < -0.3 is 10.4 Å². The fourth-order valence-corrected chi connectivity index (χ4v) is 2.27. The summed E-state index contributed by atoms with van der Waals surface area (Å²) >= 11 is 1.28. The van der Waals surface area contributed by atoms with Gasteiger partial charge in [-0.05, 0) is 18.4 Å². The zero-order valence-corrected chi connectivity index (χ0v) is 10.3. The Balaban J connectivity index is 2.18. The second-order valence-electron chi connectivity index (χ2n) is 3.67. The zero-order valence-electron chi connectivity index (χ0n) is 9.51. The van der Waals surface area contributed by atoms with Gasteiger partial charge in [-0.25, -0.2) is 4.79 Å². The Kier molecular flexibility index (Phi) is 3.42. The first-order valence-electron chi connectivity index (χ1n) is 5.16. The molecule has 0 aliphatic carbocycles. The van der Waals surface area contributed by atoms with E-state index in [0.29, 0.717) is 16.1 Å². The Morgan fingerprint density at radius 3 is 2.83 bits per heavy atom. The number of hydrogen-bond donors (Lipinski definition) is 3. The molecule has 3 N–H and O–H groups in total. The molecule has 0 aromatic carbocycles. The van der Waals surface area contributed by atoms with Crippen LogP contribution in [-0.4, -0.2) is 27.2 Å². The summed E-state index contributed by atoms with van der Waals surface area (Å²) in [5, 5.41) is 19.7. The van der Waals surface area contributed by atoms with Crippen molar-refractivity contribution in [3.8, 4) is 0 Å². The Morgan fingerprint density at radius 2 is 2.33 bits per heavy atom. The van der Waals surface area contributed by atoms with Crippen LogP contribution in [-0.2, 0) is 4.79 Å². The number of H-pyrrole nitrogens is 1. The predicted molar refractivity (Wildman–Crippen MR) is 65.5 cm³/mol. The average molecular weight is 265 g/mol. The monoisotopic (exact) mass is 265 g/mol. The summed E-state index contributed by atoms with van der Waals surface area (Å²) < 4.78 is 0. The van der Waals surface area contributed by atoms with E-state index in [9.17, 15) is 9.59 Å². The summed E-state index contributed by atoms with van der Waals surface area (Å²) in [4.78, 5) is 23.6. The fourth-order valence-electron chi connectivity index (χ4n) is 1.50. The van der Waals surface area contributed by atoms with Crippen molar-refractivity contribution in [2.45, 2.75) is 13.0 Å². The highest BCUT2D eigenvalue weighted by atomic mass is 32.1. The lowest BCUT2D eigenvalue weighted by Gasteiger charge is -2.12. The number of carbonyl (C=O) groups excluding carboxylic acids is 1. The Hall–Kier alpha value is -2.15. The Bertz CT molecular complexity index is 562. The lowest BCUT2D eigenvalue weighted by Crippen LogP contribution is -2.33. The molecule has 1 unspecified atom stereocenters. The molecule has 0 spiro atoms. The van der Waals surface area contributed by atoms with Gasteiger partial charge >= 0.3 is 5.97 Å². The molecule has 1 atom stereocenters. The molecule has 2 aromatic rings. The molecule has 94 valence electrons. The highest BCUT2D eigenvalue weighted by molar-refractivity contribution is 7.10. The third kappa shape index (κ3) is 2.40. The van der Waals surface area contributed by atoms with Crippen LogP contribution in [0.4, 0.5) is 0 Å². The minimum Gasteiger partial charge on any atom is -0.479 e. The molecule has 0 aliphatic rings. The van der Waals surface area contributed by atoms with E-state index >= 15 is 0 Å². The van der Waals surface area contributed by atoms with Crippen molar-refractivity contribution in [3.63, 3.8) is 0 Å². The molecule has 7 heteroatoms. The first-order chi connectivity index (χ1) is 8.59. The molecular weight excluding hydrogens is 254 g/mol. The molecule has 18 heavy (non-hydrogen) atoms. The minimum atomic E-state index is -1.09. The van der Waals surface area contributed by atoms with Crippen molar-refractivity contribution in [1.82, 2.24) is 15.5 Å². The second-order valence-corrected chi connectivity index (χ2v) is 4.65. The quantitative estimate of drug-likeness (QED) is 0.777. The lowest BCUT2D eigenvalue weighted by molar-refractivity contribution is -0.139. The fraction of sp³-hybridized carbons (Fsp3) is 0.182. The van der Waals surface area contributed by atoms with Gasteiger partial charge in [-0.15, -0.1) is 11.3 Å². The highest BCUT2D eigenvalue weighted by Crippen LogP contribution is 2.19. The average Bonchev–Trinajstić information content (AvgIpc) is 2.95. The molecule has 0 bridgehead atoms. The van der Waals surface area contributed by atoms with Crippen molar-refractivity contribution in [1.29, 1.82) is 0 Å². The first-order valence-corrected chi connectivity index (χ1v) is 6.04. The smallest absolute Gasteiger partial charge is 0.331 e. The predicted octanol–water partition coefficient (Wildman–Crippen LogP) is 1.34. The van der Waals surface area contributed by atoms with E-state index in [0.717, 1.165) is 0 Å². The number of carbonyl (C=O) groups is 2. The summed E-state index contributed by atoms with van der Waals surface area (Å²) in [7, 11) is 0. The van der Waals surface area contributed by atoms with Gasteiger partial charge in [0.05, 0.1) is 11.8 Å². The molecule has 0 saturated heterocycles. The number of aliphatic carboxylic acids is 1. The van der Waals surface area contributed by atoms with Crippen molar-refractivity contribution in [2.75, 3.05) is 0 Å². The molecule has 6 nitrogen and oxygen atoms in total. The number of nitrogens with zero attached hydrogens (tertiary/aromatic N) is 1. The van der Waals surface area contributed by atoms with Crippen molar-refractivity contribution in [3.05, 3.63) is 39.8 Å². The molecule has 1 amide bonds. The molecule has 0 aliphatic heterocycles. The van der Waals surface area contributed by atoms with Crippen LogP contribution in [0.1, 0.15) is 27.0 Å². The molecule has 2 rings (SSSR count). The summed E-state index contributed by atoms with van der Waals surface area (Å²) in [6.07, 6.45) is 1.37. The van der Waals surface area contributed by atoms with Crippen molar-refractivity contribution < 1.29 is 14.7 Å². The Morgan fingerprint density at radius 1 is 1.56 bits per heavy atom. The number of carboxylic acids is 1. The van der Waals surface area contributed by atoms with Gasteiger partial charge in [0, 0.05) is 10.6 Å². The van der Waals surface area contributed by atoms with E-state index in [-0.39, 0.29) is 0 Å². The second kappa shape index (κ2) is 5.01. The number of rotatable bonds is 4. The minimum absolute atomic E-state index is 0.345. The number of amides is 1. The van der Waals surface area contributed by atoms with Gasteiger partial charge in [-0.2, -0.15) is 5.10 Å². The molecule has 0 fully saturated rings. The normalized spacial score (nSPS) is 12.1. The van der Waals surface area contributed by atoms with Crippen LogP contribution >= 0.6 is 11.3 Å². The van der Waals surface area contributed by atoms with Crippen molar-refractivity contribution >= 4 is 23.2 Å². The van der Waals surface area contributed by atoms with Gasteiger partial charge in [0.2, 0.25) is 0 Å². The number of aryl methyl sites for hydroxylation is 1. The Labute approximate surface area is 107 Å². The van der Waals surface area contributed by atoms with Gasteiger partial charge in [-0.3, -0.25) is 9.89 Å². The molecular formula is C11H11N3O3S. The molecule has 0 radical (unpaired) electrons. The standard InChI is InChI=1S/C11H11N3O3S/c1-6-7(5-12-14-6)10(15)13-9(11(16)17)8-3-2-4-18-8/h2-5,9H,1H3,(H,12,14)(H,13,15)(H,16,17). The van der Waals surface area contributed by atoms with Crippen LogP contribution in [0.3, 0.4) is 0 Å². The van der Waals surface area contributed by atoms with E-state index < -0.39 is 17.9 Å². The maximum atomic E-state index is 11.9. The number of aromatic nitrogens is 2. The maximum absolute atomic E-state index is 11.9. The largest absolute Gasteiger partial charge is 0.479 e. The van der Waals surface area contributed by atoms with Gasteiger partial charge in [0.1, 0.15) is 0 Å². The van der Waals surface area contributed by atoms with Crippen LogP contribution in [0.15, 0.2) is 23.7 Å². The van der Waals surface area contributed by atoms with E-state index in [4.69, 9.17) is 5.11 Å². The van der Waals surface area contributed by atoms with Crippen LogP contribution in [0.2, 0.25) is 0 Å². The summed E-state index contributed by atoms with van der Waals surface area (Å²) in [5.41, 5.74) is 0.945. The summed E-state index contributed by atoms with van der Waals surface area (Å²) in [6.45, 7) is 1.70. The molecule has 0 saturated carbocycles. The SMILES string of the molecule is Cc1[nH]ncc1C(=O)NC(C(=O)O)c1cccs1. The summed E-state index contributed by atoms with van der Waals surface area (Å²) in [5.74, 6) is -1.55. The van der Waals surface area contributed by atoms with Gasteiger partial charge in [0.25, 0.3) is 5.91 Å². The number of thiophene rings is 1.